The van der Waals surface area contributed by atoms with Gasteiger partial charge >= 0.3 is 6.18 Å². The Hall–Kier alpha value is -3.91. The van der Waals surface area contributed by atoms with Crippen molar-refractivity contribution >= 4 is 19.1 Å². The molecule has 16 heteroatoms. The van der Waals surface area contributed by atoms with Crippen LogP contribution in [0.25, 0.3) is 22.3 Å². The van der Waals surface area contributed by atoms with E-state index in [1.165, 1.54) is 6.07 Å². The highest BCUT2D eigenvalue weighted by molar-refractivity contribution is 6.76. The number of likely N-dealkylation sites (tertiary alicyclic amines) is 1. The number of fused-ring (bicyclic) bond motifs is 1. The molecule has 0 unspecified atom stereocenters. The summed E-state index contributed by atoms with van der Waals surface area (Å²) in [6.45, 7) is 8.78. The van der Waals surface area contributed by atoms with Crippen LogP contribution in [0.2, 0.25) is 25.7 Å². The molecule has 0 bridgehead atoms. The van der Waals surface area contributed by atoms with Crippen LogP contribution in [0.15, 0.2) is 37.1 Å². The SMILES string of the molecule is C[Si](C)(C)CCOCn1ccc2c(-c3cnn(C4(CC#N)CN([C@H]5CC[C@@H](Oc6cc(CO)nc(C(F)(F)F)n6)CC5)C4)c3)ncnc21. The lowest BCUT2D eigenvalue weighted by Crippen LogP contribution is -2.65. The van der Waals surface area contributed by atoms with Gasteiger partial charge in [0.2, 0.25) is 11.7 Å². The monoisotopic (exact) mass is 683 g/mol. The van der Waals surface area contributed by atoms with E-state index >= 15 is 0 Å². The van der Waals surface area contributed by atoms with E-state index < -0.39 is 32.2 Å². The zero-order valence-electron chi connectivity index (χ0n) is 27.3. The smallest absolute Gasteiger partial charge is 0.451 e. The number of aliphatic hydroxyl groups is 1. The fourth-order valence-corrected chi connectivity index (χ4v) is 7.23. The summed E-state index contributed by atoms with van der Waals surface area (Å²) in [6.07, 6.45) is 5.40. The van der Waals surface area contributed by atoms with Crippen LogP contribution in [0.1, 0.15) is 43.6 Å². The molecule has 4 aromatic rings. The first kappa shape index (κ1) is 34.0. The number of rotatable bonds is 12. The molecule has 0 radical (unpaired) electrons. The predicted octanol–water partition coefficient (Wildman–Crippen LogP) is 5.22. The van der Waals surface area contributed by atoms with Crippen LogP contribution in [0.3, 0.4) is 0 Å². The van der Waals surface area contributed by atoms with Crippen LogP contribution in [0, 0.1) is 11.3 Å². The van der Waals surface area contributed by atoms with Gasteiger partial charge in [0.15, 0.2) is 0 Å². The summed E-state index contributed by atoms with van der Waals surface area (Å²) in [4.78, 5) is 18.3. The van der Waals surface area contributed by atoms with Crippen LogP contribution in [-0.2, 0) is 29.8 Å². The van der Waals surface area contributed by atoms with Gasteiger partial charge in [0.05, 0.1) is 36.7 Å². The average molecular weight is 684 g/mol. The van der Waals surface area contributed by atoms with Gasteiger partial charge in [-0.25, -0.2) is 15.0 Å². The van der Waals surface area contributed by atoms with Crippen molar-refractivity contribution < 1.29 is 27.8 Å². The number of alkyl halides is 3. The standard InChI is InChI=1S/C32H40F3N9O3Si/c1-48(2,3)13-12-46-21-42-11-8-26-28(37-20-38-29(26)42)22-15-39-44(16-22)31(9-10-36)18-43(19-31)24-4-6-25(7-5-24)47-27-14-23(17-45)40-30(41-27)32(33,34)35/h8,11,14-16,20,24-25,45H,4-7,9,12-13,17-19,21H2,1-3H3/t24-,25+. The molecular formula is C32H40F3N9O3Si. The Morgan fingerprint density at radius 2 is 1.90 bits per heavy atom. The Kier molecular flexibility index (Phi) is 9.58. The molecule has 1 saturated heterocycles. The molecule has 2 fully saturated rings. The fraction of sp³-hybridized carbons (Fsp3) is 0.562. The van der Waals surface area contributed by atoms with Crippen molar-refractivity contribution in [2.24, 2.45) is 0 Å². The van der Waals surface area contributed by atoms with Gasteiger partial charge in [-0.2, -0.15) is 28.5 Å². The van der Waals surface area contributed by atoms with Crippen molar-refractivity contribution in [3.63, 3.8) is 0 Å². The lowest BCUT2D eigenvalue weighted by Gasteiger charge is -2.53. The molecule has 4 aromatic heterocycles. The highest BCUT2D eigenvalue weighted by atomic mass is 28.3. The Bertz CT molecular complexity index is 1770. The molecule has 256 valence electrons. The van der Waals surface area contributed by atoms with E-state index in [0.29, 0.717) is 45.7 Å². The zero-order chi connectivity index (χ0) is 34.1. The van der Waals surface area contributed by atoms with E-state index in [2.05, 4.69) is 50.5 Å². The molecule has 1 saturated carbocycles. The van der Waals surface area contributed by atoms with Crippen LogP contribution < -0.4 is 4.74 Å². The molecule has 1 aliphatic heterocycles. The first-order valence-electron chi connectivity index (χ1n) is 16.1. The van der Waals surface area contributed by atoms with Gasteiger partial charge in [-0.15, -0.1) is 0 Å². The van der Waals surface area contributed by atoms with E-state index in [1.807, 2.05) is 27.7 Å². The van der Waals surface area contributed by atoms with Gasteiger partial charge < -0.3 is 19.1 Å². The summed E-state index contributed by atoms with van der Waals surface area (Å²) in [6, 6.07) is 6.94. The summed E-state index contributed by atoms with van der Waals surface area (Å²) >= 11 is 0. The molecular weight excluding hydrogens is 643 g/mol. The second-order valence-electron chi connectivity index (χ2n) is 14.0. The van der Waals surface area contributed by atoms with Crippen LogP contribution in [-0.4, -0.2) is 84.2 Å². The normalized spacial score (nSPS) is 20.0. The summed E-state index contributed by atoms with van der Waals surface area (Å²) in [5, 5.41) is 24.7. The van der Waals surface area contributed by atoms with Gasteiger partial charge in [0, 0.05) is 63.2 Å². The van der Waals surface area contributed by atoms with Gasteiger partial charge in [-0.05, 0) is 37.8 Å². The van der Waals surface area contributed by atoms with E-state index in [-0.39, 0.29) is 23.7 Å². The van der Waals surface area contributed by atoms with Crippen molar-refractivity contribution in [3.05, 3.63) is 48.6 Å². The second-order valence-corrected chi connectivity index (χ2v) is 19.6. The van der Waals surface area contributed by atoms with Crippen molar-refractivity contribution in [3.8, 4) is 23.2 Å². The molecule has 6 rings (SSSR count). The maximum atomic E-state index is 13.2. The summed E-state index contributed by atoms with van der Waals surface area (Å²) < 4.78 is 55.3. The van der Waals surface area contributed by atoms with Crippen molar-refractivity contribution in [1.29, 1.82) is 5.26 Å². The second kappa shape index (κ2) is 13.5. The van der Waals surface area contributed by atoms with Gasteiger partial charge in [-0.3, -0.25) is 9.58 Å². The Morgan fingerprint density at radius 1 is 1.12 bits per heavy atom. The molecule has 1 N–H and O–H groups in total. The average Bonchev–Trinajstić information content (AvgIpc) is 3.68. The number of ether oxygens (including phenoxy) is 2. The molecule has 2 aliphatic rings. The lowest BCUT2D eigenvalue weighted by molar-refractivity contribution is -0.145. The molecule has 5 heterocycles. The number of aliphatic hydroxyl groups excluding tert-OH is 1. The molecule has 0 spiro atoms. The minimum Gasteiger partial charge on any atom is -0.474 e. The van der Waals surface area contributed by atoms with Crippen LogP contribution in [0.4, 0.5) is 13.2 Å². The third-order valence-corrected chi connectivity index (χ3v) is 10.9. The first-order valence-corrected chi connectivity index (χ1v) is 19.8. The van der Waals surface area contributed by atoms with Crippen molar-refractivity contribution in [2.75, 3.05) is 19.7 Å². The maximum absolute atomic E-state index is 13.2. The maximum Gasteiger partial charge on any atom is 0.451 e. The predicted molar refractivity (Wildman–Crippen MR) is 172 cm³/mol. The first-order chi connectivity index (χ1) is 22.9. The van der Waals surface area contributed by atoms with Gasteiger partial charge in [-0.1, -0.05) is 19.6 Å². The Balaban J connectivity index is 1.08. The van der Waals surface area contributed by atoms with E-state index in [1.54, 1.807) is 12.5 Å². The molecule has 0 aromatic carbocycles. The minimum absolute atomic E-state index is 0.141. The number of nitriles is 1. The number of hydrogen-bond donors (Lipinski definition) is 1. The van der Waals surface area contributed by atoms with Crippen LogP contribution >= 0.6 is 0 Å². The third-order valence-electron chi connectivity index (χ3n) is 9.15. The summed E-state index contributed by atoms with van der Waals surface area (Å²) in [7, 11) is -1.18. The largest absolute Gasteiger partial charge is 0.474 e. The third kappa shape index (κ3) is 7.38. The number of nitrogens with zero attached hydrogens (tertiary/aromatic N) is 9. The summed E-state index contributed by atoms with van der Waals surface area (Å²) in [5.74, 6) is -1.51. The molecule has 0 atom stereocenters. The Labute approximate surface area is 277 Å². The molecule has 0 amide bonds. The van der Waals surface area contributed by atoms with Gasteiger partial charge in [0.25, 0.3) is 0 Å². The molecule has 48 heavy (non-hydrogen) atoms. The van der Waals surface area contributed by atoms with Gasteiger partial charge in [0.1, 0.15) is 30.3 Å². The number of hydrogen-bond acceptors (Lipinski definition) is 10. The van der Waals surface area contributed by atoms with Crippen molar-refractivity contribution in [1.82, 2.24) is 39.2 Å². The highest BCUT2D eigenvalue weighted by Gasteiger charge is 2.48. The lowest BCUT2D eigenvalue weighted by atomic mass is 9.82. The topological polar surface area (TPSA) is 140 Å². The summed E-state index contributed by atoms with van der Waals surface area (Å²) in [5.41, 5.74) is 1.79. The molecule has 1 aliphatic carbocycles. The fourth-order valence-electron chi connectivity index (χ4n) is 6.48. The zero-order valence-corrected chi connectivity index (χ0v) is 28.3. The number of aromatic nitrogens is 7. The highest BCUT2D eigenvalue weighted by Crippen LogP contribution is 2.39. The minimum atomic E-state index is -4.74. The van der Waals surface area contributed by atoms with E-state index in [9.17, 15) is 23.5 Å². The van der Waals surface area contributed by atoms with E-state index in [0.717, 1.165) is 41.2 Å². The quantitative estimate of drug-likeness (QED) is 0.156. The van der Waals surface area contributed by atoms with Crippen LogP contribution in [0.5, 0.6) is 5.88 Å². The van der Waals surface area contributed by atoms with Crippen molar-refractivity contribution in [2.45, 2.75) is 95.0 Å². The van der Waals surface area contributed by atoms with E-state index in [4.69, 9.17) is 14.6 Å². The Morgan fingerprint density at radius 3 is 2.58 bits per heavy atom. The number of halogens is 3. The molecule has 12 nitrogen and oxygen atoms in total.